The molecule has 0 aromatic rings. The second-order valence-corrected chi connectivity index (χ2v) is 4.92. The van der Waals surface area contributed by atoms with Crippen LogP contribution in [0.15, 0.2) is 0 Å². The van der Waals surface area contributed by atoms with Gasteiger partial charge in [0.15, 0.2) is 0 Å². The van der Waals surface area contributed by atoms with Gasteiger partial charge in [-0.05, 0) is 39.0 Å². The summed E-state index contributed by atoms with van der Waals surface area (Å²) in [5.41, 5.74) is 2.77. The molecule has 1 aliphatic rings. The third-order valence-electron chi connectivity index (χ3n) is 3.24. The Balaban J connectivity index is 2.46. The van der Waals surface area contributed by atoms with Crippen LogP contribution in [0.25, 0.3) is 0 Å². The first-order valence-corrected chi connectivity index (χ1v) is 5.68. The van der Waals surface area contributed by atoms with Crippen LogP contribution >= 0.6 is 0 Å². The molecular weight excluding hydrogens is 192 g/mol. The molecule has 3 N–H and O–H groups in total. The zero-order chi connectivity index (χ0) is 11.3. The van der Waals surface area contributed by atoms with E-state index in [0.717, 1.165) is 26.1 Å². The summed E-state index contributed by atoms with van der Waals surface area (Å²) in [6, 6.07) is 0.278. The van der Waals surface area contributed by atoms with Crippen LogP contribution in [-0.2, 0) is 9.47 Å². The number of nitrogens with two attached hydrogens (primary N) is 1. The maximum absolute atomic E-state index is 5.60. The van der Waals surface area contributed by atoms with Gasteiger partial charge in [-0.15, -0.1) is 0 Å². The topological polar surface area (TPSA) is 56.5 Å². The van der Waals surface area contributed by atoms with Crippen LogP contribution < -0.4 is 11.3 Å². The van der Waals surface area contributed by atoms with Gasteiger partial charge in [-0.3, -0.25) is 11.3 Å². The molecule has 1 rings (SSSR count). The SMILES string of the molecule is COC(C)(C)CC(NN)C1CCCOC1. The zero-order valence-electron chi connectivity index (χ0n) is 10.1. The van der Waals surface area contributed by atoms with E-state index in [9.17, 15) is 0 Å². The molecule has 1 aliphatic heterocycles. The summed E-state index contributed by atoms with van der Waals surface area (Å²) < 4.78 is 10.9. The van der Waals surface area contributed by atoms with E-state index >= 15 is 0 Å². The van der Waals surface area contributed by atoms with E-state index in [1.807, 2.05) is 0 Å². The lowest BCUT2D eigenvalue weighted by Gasteiger charge is -2.34. The minimum atomic E-state index is -0.130. The molecule has 0 aliphatic carbocycles. The van der Waals surface area contributed by atoms with Gasteiger partial charge in [0.05, 0.1) is 12.2 Å². The molecule has 0 aromatic heterocycles. The average molecular weight is 216 g/mol. The number of hydrazine groups is 1. The fourth-order valence-corrected chi connectivity index (χ4v) is 2.06. The van der Waals surface area contributed by atoms with E-state index < -0.39 is 0 Å². The minimum absolute atomic E-state index is 0.130. The van der Waals surface area contributed by atoms with E-state index in [4.69, 9.17) is 15.3 Å². The van der Waals surface area contributed by atoms with Crippen molar-refractivity contribution in [2.75, 3.05) is 20.3 Å². The van der Waals surface area contributed by atoms with Crippen LogP contribution in [0.1, 0.15) is 33.1 Å². The maximum atomic E-state index is 5.60. The van der Waals surface area contributed by atoms with Crippen molar-refractivity contribution in [3.8, 4) is 0 Å². The highest BCUT2D eigenvalue weighted by Crippen LogP contribution is 2.24. The summed E-state index contributed by atoms with van der Waals surface area (Å²) in [7, 11) is 1.74. The van der Waals surface area contributed by atoms with E-state index in [2.05, 4.69) is 19.3 Å². The smallest absolute Gasteiger partial charge is 0.0638 e. The molecule has 15 heavy (non-hydrogen) atoms. The normalized spacial score (nSPS) is 25.2. The lowest BCUT2D eigenvalue weighted by molar-refractivity contribution is -0.0165. The standard InChI is InChI=1S/C11H24N2O2/c1-11(2,14-3)7-10(13-12)9-5-4-6-15-8-9/h9-10,13H,4-8,12H2,1-3H3. The molecule has 4 nitrogen and oxygen atoms in total. The fourth-order valence-electron chi connectivity index (χ4n) is 2.06. The molecule has 1 heterocycles. The van der Waals surface area contributed by atoms with Crippen LogP contribution in [0.4, 0.5) is 0 Å². The maximum Gasteiger partial charge on any atom is 0.0638 e. The van der Waals surface area contributed by atoms with Crippen molar-refractivity contribution in [1.82, 2.24) is 5.43 Å². The molecule has 0 aromatic carbocycles. The van der Waals surface area contributed by atoms with Gasteiger partial charge in [-0.25, -0.2) is 0 Å². The predicted octanol–water partition coefficient (Wildman–Crippen LogP) is 1.06. The van der Waals surface area contributed by atoms with Crippen molar-refractivity contribution in [3.05, 3.63) is 0 Å². The Kier molecular flexibility index (Phi) is 4.99. The predicted molar refractivity (Wildman–Crippen MR) is 60.4 cm³/mol. The highest BCUT2D eigenvalue weighted by atomic mass is 16.5. The monoisotopic (exact) mass is 216 g/mol. The summed E-state index contributed by atoms with van der Waals surface area (Å²) in [6.45, 7) is 5.87. The second-order valence-electron chi connectivity index (χ2n) is 4.92. The summed E-state index contributed by atoms with van der Waals surface area (Å²) in [5.74, 6) is 6.12. The molecule has 0 saturated carbocycles. The number of ether oxygens (including phenoxy) is 2. The van der Waals surface area contributed by atoms with Gasteiger partial charge in [-0.1, -0.05) is 0 Å². The Bertz CT molecular complexity index is 179. The van der Waals surface area contributed by atoms with Crippen LogP contribution in [0, 0.1) is 5.92 Å². The molecule has 90 valence electrons. The number of hydrogen-bond acceptors (Lipinski definition) is 4. The summed E-state index contributed by atoms with van der Waals surface area (Å²) in [5, 5.41) is 0. The van der Waals surface area contributed by atoms with E-state index in [1.54, 1.807) is 7.11 Å². The van der Waals surface area contributed by atoms with Crippen molar-refractivity contribution in [2.24, 2.45) is 11.8 Å². The van der Waals surface area contributed by atoms with Crippen molar-refractivity contribution < 1.29 is 9.47 Å². The van der Waals surface area contributed by atoms with Gasteiger partial charge in [-0.2, -0.15) is 0 Å². The van der Waals surface area contributed by atoms with Gasteiger partial charge in [0.2, 0.25) is 0 Å². The molecule has 0 bridgehead atoms. The van der Waals surface area contributed by atoms with Gasteiger partial charge < -0.3 is 9.47 Å². The van der Waals surface area contributed by atoms with Crippen LogP contribution in [-0.4, -0.2) is 32.0 Å². The van der Waals surface area contributed by atoms with Crippen molar-refractivity contribution in [3.63, 3.8) is 0 Å². The number of methoxy groups -OCH3 is 1. The lowest BCUT2D eigenvalue weighted by atomic mass is 9.86. The lowest BCUT2D eigenvalue weighted by Crippen LogP contribution is -2.48. The van der Waals surface area contributed by atoms with E-state index in [1.165, 1.54) is 6.42 Å². The number of nitrogens with one attached hydrogen (secondary N) is 1. The van der Waals surface area contributed by atoms with Gasteiger partial charge in [0.25, 0.3) is 0 Å². The molecular formula is C11H24N2O2. The first-order valence-electron chi connectivity index (χ1n) is 5.68. The van der Waals surface area contributed by atoms with Crippen molar-refractivity contribution >= 4 is 0 Å². The first-order chi connectivity index (χ1) is 7.09. The molecule has 2 unspecified atom stereocenters. The quantitative estimate of drug-likeness (QED) is 0.533. The Morgan fingerprint density at radius 3 is 2.80 bits per heavy atom. The Morgan fingerprint density at radius 1 is 1.60 bits per heavy atom. The van der Waals surface area contributed by atoms with E-state index in [0.29, 0.717) is 5.92 Å². The number of rotatable bonds is 5. The molecule has 1 saturated heterocycles. The van der Waals surface area contributed by atoms with Crippen molar-refractivity contribution in [1.29, 1.82) is 0 Å². The minimum Gasteiger partial charge on any atom is -0.381 e. The Morgan fingerprint density at radius 2 is 2.33 bits per heavy atom. The number of hydrogen-bond donors (Lipinski definition) is 2. The van der Waals surface area contributed by atoms with E-state index in [-0.39, 0.29) is 11.6 Å². The Hall–Kier alpha value is -0.160. The molecule has 0 radical (unpaired) electrons. The van der Waals surface area contributed by atoms with Crippen LogP contribution in [0.2, 0.25) is 0 Å². The molecule has 0 spiro atoms. The third kappa shape index (κ3) is 4.07. The van der Waals surface area contributed by atoms with Crippen LogP contribution in [0.3, 0.4) is 0 Å². The highest BCUT2D eigenvalue weighted by Gasteiger charge is 2.29. The zero-order valence-corrected chi connectivity index (χ0v) is 10.1. The van der Waals surface area contributed by atoms with Crippen molar-refractivity contribution in [2.45, 2.75) is 44.8 Å². The largest absolute Gasteiger partial charge is 0.381 e. The molecule has 1 fully saturated rings. The highest BCUT2D eigenvalue weighted by molar-refractivity contribution is 4.83. The Labute approximate surface area is 92.5 Å². The fraction of sp³-hybridized carbons (Fsp3) is 1.00. The van der Waals surface area contributed by atoms with Gasteiger partial charge >= 0.3 is 0 Å². The summed E-state index contributed by atoms with van der Waals surface area (Å²) in [6.07, 6.45) is 3.24. The van der Waals surface area contributed by atoms with Gasteiger partial charge in [0.1, 0.15) is 0 Å². The third-order valence-corrected chi connectivity index (χ3v) is 3.24. The van der Waals surface area contributed by atoms with Crippen LogP contribution in [0.5, 0.6) is 0 Å². The average Bonchev–Trinajstić information content (AvgIpc) is 2.27. The summed E-state index contributed by atoms with van der Waals surface area (Å²) >= 11 is 0. The molecule has 2 atom stereocenters. The first kappa shape index (κ1) is 12.9. The summed E-state index contributed by atoms with van der Waals surface area (Å²) in [4.78, 5) is 0. The molecule has 4 heteroatoms. The molecule has 0 amide bonds. The van der Waals surface area contributed by atoms with Gasteiger partial charge in [0, 0.05) is 19.8 Å². The second kappa shape index (κ2) is 5.80.